The molecular formula is C7H14O4S. The van der Waals surface area contributed by atoms with Crippen LogP contribution < -0.4 is 0 Å². The van der Waals surface area contributed by atoms with E-state index in [4.69, 9.17) is 15.3 Å². The van der Waals surface area contributed by atoms with Crippen molar-refractivity contribution in [1.82, 2.24) is 0 Å². The first-order valence-electron chi connectivity index (χ1n) is 3.66. The lowest BCUT2D eigenvalue weighted by Gasteiger charge is -2.33. The Morgan fingerprint density at radius 1 is 1.50 bits per heavy atom. The van der Waals surface area contributed by atoms with Crippen LogP contribution in [0.25, 0.3) is 0 Å². The fourth-order valence-electron chi connectivity index (χ4n) is 0.918. The van der Waals surface area contributed by atoms with Crippen LogP contribution >= 0.6 is 12.6 Å². The molecule has 72 valence electrons. The van der Waals surface area contributed by atoms with Crippen molar-refractivity contribution in [3.63, 3.8) is 0 Å². The molecule has 0 aromatic rings. The molecule has 0 heterocycles. The van der Waals surface area contributed by atoms with E-state index in [9.17, 15) is 4.79 Å². The monoisotopic (exact) mass is 194 g/mol. The van der Waals surface area contributed by atoms with Crippen molar-refractivity contribution in [2.24, 2.45) is 5.41 Å². The van der Waals surface area contributed by atoms with Gasteiger partial charge in [0.25, 0.3) is 0 Å². The van der Waals surface area contributed by atoms with E-state index >= 15 is 0 Å². The molecule has 0 bridgehead atoms. The number of carboxylic acid groups (broad SMARTS) is 1. The summed E-state index contributed by atoms with van der Waals surface area (Å²) in [6.07, 6.45) is 0.713. The van der Waals surface area contributed by atoms with E-state index < -0.39 is 16.5 Å². The molecule has 0 radical (unpaired) electrons. The molecule has 1 unspecified atom stereocenters. The molecule has 0 saturated heterocycles. The Morgan fingerprint density at radius 3 is 2.00 bits per heavy atom. The minimum absolute atomic E-state index is 0.166. The van der Waals surface area contributed by atoms with Gasteiger partial charge >= 0.3 is 5.97 Å². The second kappa shape index (κ2) is 3.64. The molecule has 0 fully saturated rings. The molecule has 12 heavy (non-hydrogen) atoms. The number of hydrogen-bond donors (Lipinski definition) is 4. The highest BCUT2D eigenvalue weighted by atomic mass is 32.1. The largest absolute Gasteiger partial charge is 0.481 e. The van der Waals surface area contributed by atoms with Gasteiger partial charge in [-0.15, -0.1) is 12.6 Å². The molecule has 0 aliphatic heterocycles. The molecule has 0 amide bonds. The number of aliphatic carboxylic acids is 1. The summed E-state index contributed by atoms with van der Waals surface area (Å²) >= 11 is 3.44. The molecule has 0 rings (SSSR count). The molecule has 5 heteroatoms. The smallest absolute Gasteiger partial charge is 0.315 e. The maximum absolute atomic E-state index is 10.7. The zero-order valence-corrected chi connectivity index (χ0v) is 8.01. The van der Waals surface area contributed by atoms with Gasteiger partial charge in [0, 0.05) is 0 Å². The lowest BCUT2D eigenvalue weighted by molar-refractivity contribution is -0.192. The fraction of sp³-hybridized carbons (Fsp3) is 0.857. The Bertz CT molecular complexity index is 175. The summed E-state index contributed by atoms with van der Waals surface area (Å²) in [5, 5.41) is 24.4. The number of carboxylic acids is 1. The SMILES string of the molecule is CCCC(C)(C(=O)O)C(O)(O)S. The topological polar surface area (TPSA) is 77.8 Å². The van der Waals surface area contributed by atoms with Crippen molar-refractivity contribution in [1.29, 1.82) is 0 Å². The van der Waals surface area contributed by atoms with Crippen molar-refractivity contribution < 1.29 is 20.1 Å². The van der Waals surface area contributed by atoms with Crippen molar-refractivity contribution in [3.05, 3.63) is 0 Å². The predicted octanol–water partition coefficient (Wildman–Crippen LogP) is 0.446. The summed E-state index contributed by atoms with van der Waals surface area (Å²) in [5.41, 5.74) is -1.62. The normalized spacial score (nSPS) is 17.1. The molecule has 3 N–H and O–H groups in total. The van der Waals surface area contributed by atoms with E-state index in [1.807, 2.05) is 0 Å². The van der Waals surface area contributed by atoms with Gasteiger partial charge in [0.15, 0.2) is 0 Å². The number of thiol groups is 1. The Balaban J connectivity index is 4.75. The van der Waals surface area contributed by atoms with Crippen LogP contribution in [0.1, 0.15) is 26.7 Å². The van der Waals surface area contributed by atoms with Crippen LogP contribution in [0.4, 0.5) is 0 Å². The molecular weight excluding hydrogens is 180 g/mol. The summed E-state index contributed by atoms with van der Waals surface area (Å²) in [6, 6.07) is 0. The third-order valence-corrected chi connectivity index (χ3v) is 2.46. The maximum Gasteiger partial charge on any atom is 0.315 e. The molecule has 0 aliphatic rings. The van der Waals surface area contributed by atoms with Crippen molar-refractivity contribution >= 4 is 18.6 Å². The summed E-state index contributed by atoms with van der Waals surface area (Å²) in [4.78, 5) is 10.7. The average molecular weight is 194 g/mol. The summed E-state index contributed by atoms with van der Waals surface area (Å²) in [6.45, 7) is 3.02. The van der Waals surface area contributed by atoms with Crippen molar-refractivity contribution in [2.75, 3.05) is 0 Å². The van der Waals surface area contributed by atoms with Crippen LogP contribution in [0.2, 0.25) is 0 Å². The van der Waals surface area contributed by atoms with E-state index in [1.54, 1.807) is 6.92 Å². The molecule has 1 atom stereocenters. The van der Waals surface area contributed by atoms with E-state index in [-0.39, 0.29) is 6.42 Å². The highest BCUT2D eigenvalue weighted by molar-refractivity contribution is 7.81. The Hall–Kier alpha value is -0.260. The van der Waals surface area contributed by atoms with Crippen molar-refractivity contribution in [2.45, 2.75) is 31.8 Å². The van der Waals surface area contributed by atoms with Gasteiger partial charge in [-0.3, -0.25) is 4.79 Å². The van der Waals surface area contributed by atoms with Gasteiger partial charge in [-0.05, 0) is 13.3 Å². The average Bonchev–Trinajstić information content (AvgIpc) is 1.85. The van der Waals surface area contributed by atoms with Gasteiger partial charge < -0.3 is 15.3 Å². The number of aliphatic hydroxyl groups is 2. The van der Waals surface area contributed by atoms with E-state index in [1.165, 1.54) is 6.92 Å². The van der Waals surface area contributed by atoms with Crippen LogP contribution in [0.15, 0.2) is 0 Å². The standard InChI is InChI=1S/C7H14O4S/c1-3-4-6(2,5(8)9)7(10,11)12/h10-12H,3-4H2,1-2H3,(H,8,9). The number of carbonyl (C=O) groups is 1. The minimum Gasteiger partial charge on any atom is -0.481 e. The summed E-state index contributed by atoms with van der Waals surface area (Å²) < 4.78 is 0. The third-order valence-electron chi connectivity index (χ3n) is 1.96. The molecule has 0 aliphatic carbocycles. The second-order valence-corrected chi connectivity index (χ2v) is 3.65. The van der Waals surface area contributed by atoms with Crippen LogP contribution in [0.5, 0.6) is 0 Å². The van der Waals surface area contributed by atoms with Crippen LogP contribution in [-0.2, 0) is 4.79 Å². The zero-order valence-electron chi connectivity index (χ0n) is 7.11. The molecule has 0 aromatic carbocycles. The van der Waals surface area contributed by atoms with Gasteiger partial charge in [0.2, 0.25) is 5.12 Å². The second-order valence-electron chi connectivity index (χ2n) is 3.02. The minimum atomic E-state index is -2.48. The quantitative estimate of drug-likeness (QED) is 0.387. The Morgan fingerprint density at radius 2 is 1.92 bits per heavy atom. The molecule has 0 saturated carbocycles. The molecule has 4 nitrogen and oxygen atoms in total. The van der Waals surface area contributed by atoms with E-state index in [0.717, 1.165) is 0 Å². The first-order chi connectivity index (χ1) is 5.25. The first-order valence-corrected chi connectivity index (χ1v) is 4.11. The molecule has 0 spiro atoms. The van der Waals surface area contributed by atoms with Crippen LogP contribution in [0, 0.1) is 5.41 Å². The fourth-order valence-corrected chi connectivity index (χ4v) is 1.13. The highest BCUT2D eigenvalue weighted by Gasteiger charge is 2.49. The van der Waals surface area contributed by atoms with Gasteiger partial charge in [-0.1, -0.05) is 13.3 Å². The summed E-state index contributed by atoms with van der Waals surface area (Å²) in [7, 11) is 0. The Kier molecular flexibility index (Phi) is 3.56. The van der Waals surface area contributed by atoms with Gasteiger partial charge in [-0.25, -0.2) is 0 Å². The number of rotatable bonds is 4. The van der Waals surface area contributed by atoms with Crippen molar-refractivity contribution in [3.8, 4) is 0 Å². The summed E-state index contributed by atoms with van der Waals surface area (Å²) in [5.74, 6) is -1.26. The number of hydrogen-bond acceptors (Lipinski definition) is 4. The lowest BCUT2D eigenvalue weighted by atomic mass is 9.84. The van der Waals surface area contributed by atoms with E-state index in [0.29, 0.717) is 6.42 Å². The highest BCUT2D eigenvalue weighted by Crippen LogP contribution is 2.37. The third kappa shape index (κ3) is 2.12. The first kappa shape index (κ1) is 11.7. The lowest BCUT2D eigenvalue weighted by Crippen LogP contribution is -2.47. The zero-order chi connectivity index (χ0) is 9.99. The van der Waals surface area contributed by atoms with Gasteiger partial charge in [-0.2, -0.15) is 0 Å². The van der Waals surface area contributed by atoms with Crippen LogP contribution in [-0.4, -0.2) is 26.4 Å². The predicted molar refractivity (Wildman–Crippen MR) is 46.8 cm³/mol. The van der Waals surface area contributed by atoms with Gasteiger partial charge in [0.05, 0.1) is 0 Å². The van der Waals surface area contributed by atoms with Gasteiger partial charge in [0.1, 0.15) is 5.41 Å². The van der Waals surface area contributed by atoms with E-state index in [2.05, 4.69) is 12.6 Å². The molecule has 0 aromatic heterocycles. The van der Waals surface area contributed by atoms with Crippen LogP contribution in [0.3, 0.4) is 0 Å². The maximum atomic E-state index is 10.7. The Labute approximate surface area is 76.6 Å².